The van der Waals surface area contributed by atoms with Crippen LogP contribution in [0.3, 0.4) is 0 Å². The second-order valence-corrected chi connectivity index (χ2v) is 8.39. The molecule has 1 aliphatic carbocycles. The number of nitrogens with zero attached hydrogens (tertiary/aromatic N) is 1. The number of hydrogen-bond donors (Lipinski definition) is 2. The zero-order chi connectivity index (χ0) is 16.9. The van der Waals surface area contributed by atoms with Gasteiger partial charge in [-0.1, -0.05) is 23.2 Å². The minimum Gasteiger partial charge on any atom is -0.374 e. The summed E-state index contributed by atoms with van der Waals surface area (Å²) in [4.78, 5) is 1.54. The van der Waals surface area contributed by atoms with E-state index in [4.69, 9.17) is 27.4 Å². The molecule has 1 heterocycles. The van der Waals surface area contributed by atoms with Crippen molar-refractivity contribution >= 4 is 33.3 Å². The van der Waals surface area contributed by atoms with Crippen molar-refractivity contribution in [2.45, 2.75) is 43.9 Å². The molecule has 0 bridgehead atoms. The normalized spacial score (nSPS) is 31.5. The minimum atomic E-state index is -3.52. The van der Waals surface area contributed by atoms with E-state index < -0.39 is 28.7 Å². The molecule has 2 N–H and O–H groups in total. The highest BCUT2D eigenvalue weighted by molar-refractivity contribution is 7.86. The Kier molecular flexibility index (Phi) is 4.65. The second kappa shape index (κ2) is 6.15. The van der Waals surface area contributed by atoms with Gasteiger partial charge >= 0.3 is 0 Å². The van der Waals surface area contributed by atoms with Gasteiger partial charge in [0.15, 0.2) is 0 Å². The predicted molar refractivity (Wildman–Crippen MR) is 85.6 cm³/mol. The fraction of sp³-hybridized carbons (Fsp3) is 0.571. The monoisotopic (exact) mass is 381 g/mol. The number of fused-ring (bicyclic) bond motifs is 1. The molecule has 1 saturated carbocycles. The van der Waals surface area contributed by atoms with Crippen molar-refractivity contribution in [2.75, 3.05) is 6.26 Å². The van der Waals surface area contributed by atoms with Gasteiger partial charge in [0.05, 0.1) is 22.4 Å². The first kappa shape index (κ1) is 17.4. The Morgan fingerprint density at radius 1 is 1.13 bits per heavy atom. The number of halogens is 2. The average molecular weight is 382 g/mol. The van der Waals surface area contributed by atoms with Gasteiger partial charge < -0.3 is 10.2 Å². The van der Waals surface area contributed by atoms with Crippen molar-refractivity contribution in [1.82, 2.24) is 4.90 Å². The highest BCUT2D eigenvalue weighted by Crippen LogP contribution is 2.46. The first-order chi connectivity index (χ1) is 10.7. The van der Waals surface area contributed by atoms with Crippen LogP contribution in [0.15, 0.2) is 12.1 Å². The van der Waals surface area contributed by atoms with Crippen LogP contribution < -0.4 is 0 Å². The molecule has 9 heteroatoms. The van der Waals surface area contributed by atoms with E-state index in [2.05, 4.69) is 0 Å². The van der Waals surface area contributed by atoms with Crippen molar-refractivity contribution in [3.63, 3.8) is 0 Å². The molecule has 0 aromatic heterocycles. The number of benzene rings is 1. The maximum Gasteiger partial charge on any atom is 0.264 e. The molecule has 0 amide bonds. The van der Waals surface area contributed by atoms with E-state index in [-0.39, 0.29) is 6.04 Å². The lowest BCUT2D eigenvalue weighted by atomic mass is 10.1. The van der Waals surface area contributed by atoms with Crippen molar-refractivity contribution < 1.29 is 22.8 Å². The standard InChI is InChI=1S/C14H17Cl2NO5S/c1-23(20,21)22-8-3-2-7(4-8)17-13(18)9-5-11(15)12(16)6-10(9)14(17)19/h5-8,13-14,18-19H,2-4H2,1H3. The quantitative estimate of drug-likeness (QED) is 0.780. The van der Waals surface area contributed by atoms with Crippen LogP contribution in [0.2, 0.25) is 10.0 Å². The third-order valence-corrected chi connectivity index (χ3v) is 5.68. The maximum absolute atomic E-state index is 11.2. The van der Waals surface area contributed by atoms with E-state index in [9.17, 15) is 18.6 Å². The Labute approximate surface area is 144 Å². The van der Waals surface area contributed by atoms with Gasteiger partial charge in [0.2, 0.25) is 0 Å². The summed E-state index contributed by atoms with van der Waals surface area (Å²) in [6.45, 7) is 0. The van der Waals surface area contributed by atoms with Gasteiger partial charge in [0, 0.05) is 17.2 Å². The van der Waals surface area contributed by atoms with E-state index in [1.54, 1.807) is 17.0 Å². The Balaban J connectivity index is 1.80. The first-order valence-corrected chi connectivity index (χ1v) is 9.75. The summed E-state index contributed by atoms with van der Waals surface area (Å²) in [5.41, 5.74) is 1.03. The van der Waals surface area contributed by atoms with Gasteiger partial charge in [0.25, 0.3) is 10.1 Å². The van der Waals surface area contributed by atoms with Crippen LogP contribution >= 0.6 is 23.2 Å². The average Bonchev–Trinajstić information content (AvgIpc) is 2.95. The van der Waals surface area contributed by atoms with Gasteiger partial charge in [-0.25, -0.2) is 4.90 Å². The van der Waals surface area contributed by atoms with Crippen molar-refractivity contribution in [2.24, 2.45) is 0 Å². The number of rotatable bonds is 3. The number of aliphatic hydroxyl groups excluding tert-OH is 2. The number of hydrogen-bond acceptors (Lipinski definition) is 6. The van der Waals surface area contributed by atoms with Crippen LogP contribution in [0.5, 0.6) is 0 Å². The fourth-order valence-electron chi connectivity index (χ4n) is 3.40. The van der Waals surface area contributed by atoms with Gasteiger partial charge in [0.1, 0.15) is 12.5 Å². The van der Waals surface area contributed by atoms with Crippen LogP contribution in [0.25, 0.3) is 0 Å². The van der Waals surface area contributed by atoms with Crippen molar-refractivity contribution in [1.29, 1.82) is 0 Å². The van der Waals surface area contributed by atoms with Crippen LogP contribution in [0.1, 0.15) is 42.8 Å². The second-order valence-electron chi connectivity index (χ2n) is 5.98. The fourth-order valence-corrected chi connectivity index (χ4v) is 4.42. The van der Waals surface area contributed by atoms with Crippen molar-refractivity contribution in [3.8, 4) is 0 Å². The number of aliphatic hydroxyl groups is 2. The summed E-state index contributed by atoms with van der Waals surface area (Å²) in [6.07, 6.45) is 0.116. The molecule has 0 spiro atoms. The molecule has 6 nitrogen and oxygen atoms in total. The first-order valence-electron chi connectivity index (χ1n) is 7.18. The van der Waals surface area contributed by atoms with Crippen LogP contribution in [0.4, 0.5) is 0 Å². The molecule has 2 aliphatic rings. The van der Waals surface area contributed by atoms with Crippen LogP contribution in [0, 0.1) is 0 Å². The van der Waals surface area contributed by atoms with Crippen LogP contribution in [-0.2, 0) is 14.3 Å². The third-order valence-electron chi connectivity index (χ3n) is 4.34. The molecule has 4 unspecified atom stereocenters. The summed E-state index contributed by atoms with van der Waals surface area (Å²) in [7, 11) is -3.52. The molecule has 3 rings (SSSR count). The SMILES string of the molecule is CS(=O)(=O)OC1CCC(N2C(O)c3cc(Cl)c(Cl)cc3C2O)C1. The van der Waals surface area contributed by atoms with E-state index in [0.717, 1.165) is 6.26 Å². The maximum atomic E-state index is 11.2. The van der Waals surface area contributed by atoms with Crippen molar-refractivity contribution in [3.05, 3.63) is 33.3 Å². The highest BCUT2D eigenvalue weighted by atomic mass is 35.5. The van der Waals surface area contributed by atoms with Gasteiger partial charge in [-0.2, -0.15) is 8.42 Å². The van der Waals surface area contributed by atoms with E-state index in [0.29, 0.717) is 40.4 Å². The zero-order valence-corrected chi connectivity index (χ0v) is 14.6. The summed E-state index contributed by atoms with van der Waals surface area (Å²) in [5, 5.41) is 21.6. The highest BCUT2D eigenvalue weighted by Gasteiger charge is 2.44. The zero-order valence-electron chi connectivity index (χ0n) is 12.3. The summed E-state index contributed by atoms with van der Waals surface area (Å²) >= 11 is 12.0. The van der Waals surface area contributed by atoms with E-state index in [1.165, 1.54) is 0 Å². The predicted octanol–water partition coefficient (Wildman–Crippen LogP) is 2.19. The molecular weight excluding hydrogens is 365 g/mol. The molecule has 1 aromatic rings. The molecule has 0 radical (unpaired) electrons. The third kappa shape index (κ3) is 3.37. The lowest BCUT2D eigenvalue weighted by molar-refractivity contribution is -0.110. The van der Waals surface area contributed by atoms with Crippen LogP contribution in [-0.4, -0.2) is 41.9 Å². The molecule has 23 heavy (non-hydrogen) atoms. The summed E-state index contributed by atoms with van der Waals surface area (Å²) in [5.74, 6) is 0. The summed E-state index contributed by atoms with van der Waals surface area (Å²) < 4.78 is 27.5. The molecule has 128 valence electrons. The van der Waals surface area contributed by atoms with Gasteiger partial charge in [-0.3, -0.25) is 4.18 Å². The van der Waals surface area contributed by atoms with Gasteiger partial charge in [-0.05, 0) is 31.4 Å². The molecular formula is C14H17Cl2NO5S. The lowest BCUT2D eigenvalue weighted by Gasteiger charge is -2.30. The summed E-state index contributed by atoms with van der Waals surface area (Å²) in [6, 6.07) is 2.90. The topological polar surface area (TPSA) is 87.1 Å². The molecule has 1 aliphatic heterocycles. The van der Waals surface area contributed by atoms with E-state index in [1.807, 2.05) is 0 Å². The minimum absolute atomic E-state index is 0.197. The molecule has 0 saturated heterocycles. The molecule has 1 aromatic carbocycles. The molecule has 4 atom stereocenters. The smallest absolute Gasteiger partial charge is 0.264 e. The Bertz CT molecular complexity index is 691. The Morgan fingerprint density at radius 3 is 2.13 bits per heavy atom. The Hall–Kier alpha value is -0.410. The van der Waals surface area contributed by atoms with E-state index >= 15 is 0 Å². The molecule has 1 fully saturated rings. The Morgan fingerprint density at radius 2 is 1.65 bits per heavy atom. The largest absolute Gasteiger partial charge is 0.374 e. The van der Waals surface area contributed by atoms with Gasteiger partial charge in [-0.15, -0.1) is 0 Å². The lowest BCUT2D eigenvalue weighted by Crippen LogP contribution is -2.35.